The lowest BCUT2D eigenvalue weighted by atomic mass is 10.0. The molecule has 0 fully saturated rings. The number of nitro benzene ring substituents is 1. The number of non-ortho nitro benzene ring substituents is 1. The van der Waals surface area contributed by atoms with Gasteiger partial charge in [0.15, 0.2) is 0 Å². The maximum atomic E-state index is 10.8. The molecule has 130 valence electrons. The zero-order valence-corrected chi connectivity index (χ0v) is 14.3. The minimum atomic E-state index is -0.409. The maximum absolute atomic E-state index is 10.8. The Kier molecular flexibility index (Phi) is 6.05. The van der Waals surface area contributed by atoms with Crippen molar-refractivity contribution < 1.29 is 10.0 Å². The molecular formula is C17H24N4O3. The van der Waals surface area contributed by atoms with E-state index in [1.54, 1.807) is 23.7 Å². The summed E-state index contributed by atoms with van der Waals surface area (Å²) in [6.45, 7) is 5.36. The van der Waals surface area contributed by atoms with Gasteiger partial charge in [-0.3, -0.25) is 14.8 Å². The van der Waals surface area contributed by atoms with Gasteiger partial charge in [0.2, 0.25) is 0 Å². The minimum absolute atomic E-state index is 0.0707. The first-order valence-corrected chi connectivity index (χ1v) is 8.03. The van der Waals surface area contributed by atoms with Crippen LogP contribution >= 0.6 is 0 Å². The van der Waals surface area contributed by atoms with Gasteiger partial charge in [-0.15, -0.1) is 0 Å². The van der Waals surface area contributed by atoms with Crippen molar-refractivity contribution in [1.82, 2.24) is 15.1 Å². The summed E-state index contributed by atoms with van der Waals surface area (Å²) in [5.41, 5.74) is 2.79. The van der Waals surface area contributed by atoms with Gasteiger partial charge in [0, 0.05) is 43.0 Å². The fourth-order valence-electron chi connectivity index (χ4n) is 2.77. The number of nitrogens with one attached hydrogen (secondary N) is 1. The summed E-state index contributed by atoms with van der Waals surface area (Å²) < 4.78 is 1.74. The Morgan fingerprint density at radius 1 is 1.33 bits per heavy atom. The van der Waals surface area contributed by atoms with Crippen LogP contribution in [0.4, 0.5) is 5.69 Å². The largest absolute Gasteiger partial charge is 0.393 e. The number of aryl methyl sites for hydroxylation is 1. The molecule has 0 radical (unpaired) electrons. The predicted molar refractivity (Wildman–Crippen MR) is 92.5 cm³/mol. The topological polar surface area (TPSA) is 93.2 Å². The number of nitro groups is 1. The first-order chi connectivity index (χ1) is 11.4. The Labute approximate surface area is 141 Å². The van der Waals surface area contributed by atoms with Gasteiger partial charge in [-0.2, -0.15) is 5.10 Å². The molecule has 0 aliphatic carbocycles. The summed E-state index contributed by atoms with van der Waals surface area (Å²) >= 11 is 0. The van der Waals surface area contributed by atoms with Gasteiger partial charge in [0.25, 0.3) is 5.69 Å². The second-order valence-electron chi connectivity index (χ2n) is 6.30. The van der Waals surface area contributed by atoms with Crippen molar-refractivity contribution in [3.8, 4) is 11.3 Å². The average Bonchev–Trinajstić information content (AvgIpc) is 2.87. The van der Waals surface area contributed by atoms with Crippen molar-refractivity contribution in [3.63, 3.8) is 0 Å². The molecule has 2 aromatic rings. The van der Waals surface area contributed by atoms with Gasteiger partial charge in [0.05, 0.1) is 16.7 Å². The van der Waals surface area contributed by atoms with Crippen LogP contribution in [0.2, 0.25) is 0 Å². The number of aliphatic hydroxyl groups excluding tert-OH is 1. The number of hydrogen-bond acceptors (Lipinski definition) is 5. The van der Waals surface area contributed by atoms with E-state index in [9.17, 15) is 15.2 Å². The lowest BCUT2D eigenvalue weighted by molar-refractivity contribution is -0.384. The third kappa shape index (κ3) is 4.87. The highest BCUT2D eigenvalue weighted by Gasteiger charge is 2.13. The first kappa shape index (κ1) is 18.1. The highest BCUT2D eigenvalue weighted by molar-refractivity contribution is 5.64. The van der Waals surface area contributed by atoms with Gasteiger partial charge in [-0.05, 0) is 37.9 Å². The Morgan fingerprint density at radius 2 is 2.00 bits per heavy atom. The van der Waals surface area contributed by atoms with Crippen molar-refractivity contribution in [2.24, 2.45) is 13.0 Å². The smallest absolute Gasteiger partial charge is 0.269 e. The monoisotopic (exact) mass is 332 g/mol. The summed E-state index contributed by atoms with van der Waals surface area (Å²) in [6.07, 6.45) is 2.41. The van der Waals surface area contributed by atoms with Crippen molar-refractivity contribution in [1.29, 1.82) is 0 Å². The standard InChI is InChI=1S/C17H24N4O3/c1-12(8-13(2)22)9-18-10-15-11-20(3)19-17(15)14-4-6-16(7-5-14)21(23)24/h4-7,11-13,18,22H,8-10H2,1-3H3. The van der Waals surface area contributed by atoms with E-state index < -0.39 is 4.92 Å². The number of benzene rings is 1. The number of hydrogen-bond donors (Lipinski definition) is 2. The quantitative estimate of drug-likeness (QED) is 0.572. The van der Waals surface area contributed by atoms with Crippen LogP contribution in [0.15, 0.2) is 30.5 Å². The van der Waals surface area contributed by atoms with Crippen LogP contribution < -0.4 is 5.32 Å². The molecule has 0 spiro atoms. The number of aromatic nitrogens is 2. The van der Waals surface area contributed by atoms with E-state index in [0.717, 1.165) is 29.8 Å². The first-order valence-electron chi connectivity index (χ1n) is 8.03. The fourth-order valence-corrected chi connectivity index (χ4v) is 2.77. The van der Waals surface area contributed by atoms with Gasteiger partial charge in [-0.25, -0.2) is 0 Å². The summed E-state index contributed by atoms with van der Waals surface area (Å²) in [4.78, 5) is 10.4. The van der Waals surface area contributed by atoms with Crippen LogP contribution in [-0.4, -0.2) is 32.5 Å². The van der Waals surface area contributed by atoms with Crippen LogP contribution in [0, 0.1) is 16.0 Å². The Bertz CT molecular complexity index is 680. The van der Waals surface area contributed by atoms with Gasteiger partial charge in [-0.1, -0.05) is 6.92 Å². The predicted octanol–water partition coefficient (Wildman–Crippen LogP) is 2.49. The Morgan fingerprint density at radius 3 is 2.58 bits per heavy atom. The van der Waals surface area contributed by atoms with E-state index in [4.69, 9.17) is 0 Å². The number of aliphatic hydroxyl groups is 1. The number of rotatable bonds is 8. The molecule has 2 rings (SSSR count). The van der Waals surface area contributed by atoms with Gasteiger partial charge < -0.3 is 10.4 Å². The van der Waals surface area contributed by atoms with E-state index in [-0.39, 0.29) is 11.8 Å². The molecule has 1 heterocycles. The van der Waals surface area contributed by atoms with E-state index >= 15 is 0 Å². The molecule has 0 amide bonds. The summed E-state index contributed by atoms with van der Waals surface area (Å²) in [5, 5.41) is 28.0. The molecule has 0 aliphatic heterocycles. The molecular weight excluding hydrogens is 308 g/mol. The molecule has 0 bridgehead atoms. The van der Waals surface area contributed by atoms with Gasteiger partial charge >= 0.3 is 0 Å². The molecule has 1 aromatic carbocycles. The zero-order chi connectivity index (χ0) is 17.7. The molecule has 7 nitrogen and oxygen atoms in total. The van der Waals surface area contributed by atoms with Crippen molar-refractivity contribution >= 4 is 5.69 Å². The van der Waals surface area contributed by atoms with Crippen LogP contribution in [0.3, 0.4) is 0 Å². The Hall–Kier alpha value is -2.25. The molecule has 2 unspecified atom stereocenters. The summed E-state index contributed by atoms with van der Waals surface area (Å²) in [5.74, 6) is 0.379. The molecule has 24 heavy (non-hydrogen) atoms. The van der Waals surface area contributed by atoms with E-state index in [1.165, 1.54) is 12.1 Å². The molecule has 1 aromatic heterocycles. The summed E-state index contributed by atoms with van der Waals surface area (Å²) in [6, 6.07) is 6.43. The second-order valence-corrected chi connectivity index (χ2v) is 6.30. The highest BCUT2D eigenvalue weighted by atomic mass is 16.6. The second kappa shape index (κ2) is 8.03. The normalized spacial score (nSPS) is 13.7. The highest BCUT2D eigenvalue weighted by Crippen LogP contribution is 2.24. The SMILES string of the molecule is CC(O)CC(C)CNCc1cn(C)nc1-c1ccc([N+](=O)[O-])cc1. The Balaban J connectivity index is 2.05. The fraction of sp³-hybridized carbons (Fsp3) is 0.471. The minimum Gasteiger partial charge on any atom is -0.393 e. The van der Waals surface area contributed by atoms with E-state index in [0.29, 0.717) is 12.5 Å². The molecule has 0 saturated heterocycles. The van der Waals surface area contributed by atoms with Crippen molar-refractivity contribution in [2.75, 3.05) is 6.54 Å². The van der Waals surface area contributed by atoms with Crippen LogP contribution in [0.1, 0.15) is 25.8 Å². The summed E-state index contributed by atoms with van der Waals surface area (Å²) in [7, 11) is 1.86. The lowest BCUT2D eigenvalue weighted by Gasteiger charge is -2.14. The van der Waals surface area contributed by atoms with Crippen molar-refractivity contribution in [2.45, 2.75) is 32.9 Å². The van der Waals surface area contributed by atoms with E-state index in [1.807, 2.05) is 13.2 Å². The van der Waals surface area contributed by atoms with Gasteiger partial charge in [0.1, 0.15) is 0 Å². The van der Waals surface area contributed by atoms with Crippen LogP contribution in [0.5, 0.6) is 0 Å². The molecule has 7 heteroatoms. The molecule has 0 saturated carbocycles. The third-order valence-corrected chi connectivity index (χ3v) is 3.81. The molecule has 2 N–H and O–H groups in total. The zero-order valence-electron chi connectivity index (χ0n) is 14.3. The molecule has 2 atom stereocenters. The van der Waals surface area contributed by atoms with Crippen molar-refractivity contribution in [3.05, 3.63) is 46.1 Å². The van der Waals surface area contributed by atoms with Crippen LogP contribution in [0.25, 0.3) is 11.3 Å². The van der Waals surface area contributed by atoms with Crippen LogP contribution in [-0.2, 0) is 13.6 Å². The molecule has 0 aliphatic rings. The van der Waals surface area contributed by atoms with E-state index in [2.05, 4.69) is 17.3 Å². The average molecular weight is 332 g/mol. The number of nitrogens with zero attached hydrogens (tertiary/aromatic N) is 3. The lowest BCUT2D eigenvalue weighted by Crippen LogP contribution is -2.23. The third-order valence-electron chi connectivity index (χ3n) is 3.81. The maximum Gasteiger partial charge on any atom is 0.269 e.